The molecule has 6 fully saturated rings. The highest BCUT2D eigenvalue weighted by molar-refractivity contribution is 5.95. The monoisotopic (exact) mass is 454 g/mol. The molecule has 1 saturated heterocycles. The van der Waals surface area contributed by atoms with Crippen LogP contribution in [-0.4, -0.2) is 57.9 Å². The summed E-state index contributed by atoms with van der Waals surface area (Å²) in [7, 11) is 0. The second-order valence-corrected chi connectivity index (χ2v) is 11.8. The molecule has 4 atom stereocenters. The van der Waals surface area contributed by atoms with Crippen molar-refractivity contribution in [2.45, 2.75) is 101 Å². The van der Waals surface area contributed by atoms with Crippen LogP contribution in [0.15, 0.2) is 6.20 Å². The topological polar surface area (TPSA) is 87.6 Å². The first-order valence-electron chi connectivity index (χ1n) is 13.2. The van der Waals surface area contributed by atoms with Gasteiger partial charge in [0.1, 0.15) is 0 Å². The zero-order chi connectivity index (χ0) is 22.7. The fourth-order valence-corrected chi connectivity index (χ4v) is 8.01. The van der Waals surface area contributed by atoms with Gasteiger partial charge >= 0.3 is 0 Å². The summed E-state index contributed by atoms with van der Waals surface area (Å²) in [6, 6.07) is 0.173. The van der Waals surface area contributed by atoms with Crippen molar-refractivity contribution >= 4 is 11.9 Å². The number of carbonyl (C=O) groups excluding carboxylic acids is 1. The molecule has 5 aliphatic carbocycles. The Hall–Kier alpha value is -1.73. The van der Waals surface area contributed by atoms with Gasteiger partial charge in [-0.15, -0.1) is 0 Å². The summed E-state index contributed by atoms with van der Waals surface area (Å²) in [5, 5.41) is 14.3. The summed E-state index contributed by atoms with van der Waals surface area (Å²) in [5.41, 5.74) is 1.11. The van der Waals surface area contributed by atoms with Gasteiger partial charge in [0.05, 0.1) is 29.1 Å². The molecule has 1 aliphatic heterocycles. The van der Waals surface area contributed by atoms with Gasteiger partial charge in [-0.05, 0) is 76.5 Å². The molecular formula is C26H38N4O3. The number of hydrogen-bond acceptors (Lipinski definition) is 6. The summed E-state index contributed by atoms with van der Waals surface area (Å²) in [6.45, 7) is 5.72. The largest absolute Gasteiger partial charge is 0.390 e. The number of morpholine rings is 1. The van der Waals surface area contributed by atoms with E-state index in [0.29, 0.717) is 29.2 Å². The van der Waals surface area contributed by atoms with E-state index in [1.165, 1.54) is 12.8 Å². The van der Waals surface area contributed by atoms with E-state index in [9.17, 15) is 9.90 Å². The van der Waals surface area contributed by atoms with Crippen LogP contribution in [0.4, 0.5) is 5.95 Å². The van der Waals surface area contributed by atoms with Crippen LogP contribution in [0.25, 0.3) is 0 Å². The van der Waals surface area contributed by atoms with Crippen molar-refractivity contribution in [3.05, 3.63) is 17.5 Å². The molecule has 7 rings (SSSR count). The summed E-state index contributed by atoms with van der Waals surface area (Å²) < 4.78 is 5.89. The van der Waals surface area contributed by atoms with Gasteiger partial charge in [-0.1, -0.05) is 12.8 Å². The molecule has 7 nitrogen and oxygen atoms in total. The van der Waals surface area contributed by atoms with E-state index < -0.39 is 5.60 Å². The Kier molecular flexibility index (Phi) is 5.41. The highest BCUT2D eigenvalue weighted by Gasteiger charge is 2.55. The summed E-state index contributed by atoms with van der Waals surface area (Å²) >= 11 is 0. The number of amides is 1. The first-order valence-corrected chi connectivity index (χ1v) is 13.2. The average molecular weight is 455 g/mol. The summed E-state index contributed by atoms with van der Waals surface area (Å²) in [5.74, 6) is 2.48. The van der Waals surface area contributed by atoms with Gasteiger partial charge in [0.25, 0.3) is 5.91 Å². The number of ether oxygens (including phenoxy) is 1. The van der Waals surface area contributed by atoms with Crippen LogP contribution < -0.4 is 10.2 Å². The van der Waals surface area contributed by atoms with Crippen LogP contribution >= 0.6 is 0 Å². The average Bonchev–Trinajstić information content (AvgIpc) is 3.29. The third-order valence-electron chi connectivity index (χ3n) is 9.03. The highest BCUT2D eigenvalue weighted by atomic mass is 16.5. The summed E-state index contributed by atoms with van der Waals surface area (Å²) in [6.07, 6.45) is 11.6. The van der Waals surface area contributed by atoms with Crippen LogP contribution in [0, 0.1) is 17.8 Å². The predicted octanol–water partition coefficient (Wildman–Crippen LogP) is 3.42. The number of nitrogens with one attached hydrogen (secondary N) is 1. The maximum absolute atomic E-state index is 13.6. The van der Waals surface area contributed by atoms with E-state index in [0.717, 1.165) is 69.7 Å². The Labute approximate surface area is 196 Å². The van der Waals surface area contributed by atoms with Gasteiger partial charge in [-0.2, -0.15) is 0 Å². The predicted molar refractivity (Wildman–Crippen MR) is 125 cm³/mol. The number of aromatic nitrogens is 2. The molecule has 5 saturated carbocycles. The fraction of sp³-hybridized carbons (Fsp3) is 0.808. The number of aliphatic hydroxyl groups is 1. The van der Waals surface area contributed by atoms with E-state index in [-0.39, 0.29) is 24.2 Å². The number of nitrogens with zero attached hydrogens (tertiary/aromatic N) is 3. The fourth-order valence-electron chi connectivity index (χ4n) is 8.01. The molecule has 0 spiro atoms. The van der Waals surface area contributed by atoms with Crippen molar-refractivity contribution in [3.63, 3.8) is 0 Å². The lowest BCUT2D eigenvalue weighted by Gasteiger charge is -2.58. The third-order valence-corrected chi connectivity index (χ3v) is 9.03. The molecular weight excluding hydrogens is 416 g/mol. The molecule has 4 unspecified atom stereocenters. The molecule has 6 aliphatic rings. The molecule has 180 valence electrons. The van der Waals surface area contributed by atoms with Gasteiger partial charge in [0.15, 0.2) is 0 Å². The first kappa shape index (κ1) is 21.8. The lowest BCUT2D eigenvalue weighted by Crippen LogP contribution is -2.61. The second-order valence-electron chi connectivity index (χ2n) is 11.8. The number of hydrogen-bond donors (Lipinski definition) is 2. The van der Waals surface area contributed by atoms with Crippen molar-refractivity contribution in [3.8, 4) is 0 Å². The van der Waals surface area contributed by atoms with Crippen molar-refractivity contribution in [2.75, 3.05) is 18.0 Å². The molecule has 7 heteroatoms. The van der Waals surface area contributed by atoms with E-state index in [1.54, 1.807) is 6.20 Å². The van der Waals surface area contributed by atoms with Crippen molar-refractivity contribution < 1.29 is 14.6 Å². The zero-order valence-electron chi connectivity index (χ0n) is 20.0. The van der Waals surface area contributed by atoms with Gasteiger partial charge < -0.3 is 20.1 Å². The standard InChI is InChI=1S/C26H38N4O3/c1-15-13-30(14-16(2)33-15)25-27-12-21(23(29-25)18-5-3-4-6-18)24(31)28-22-19-7-17-8-20(22)11-26(32,9-17)10-19/h12,15-20,22,32H,3-11,13-14H2,1-2H3,(H,28,31). The normalized spacial score (nSPS) is 40.4. The zero-order valence-corrected chi connectivity index (χ0v) is 20.0. The van der Waals surface area contributed by atoms with Crippen LogP contribution in [0.5, 0.6) is 0 Å². The van der Waals surface area contributed by atoms with Gasteiger partial charge in [0, 0.05) is 31.2 Å². The van der Waals surface area contributed by atoms with E-state index in [1.807, 2.05) is 0 Å². The summed E-state index contributed by atoms with van der Waals surface area (Å²) in [4.78, 5) is 25.5. The minimum Gasteiger partial charge on any atom is -0.390 e. The van der Waals surface area contributed by atoms with Crippen molar-refractivity contribution in [1.29, 1.82) is 0 Å². The smallest absolute Gasteiger partial charge is 0.254 e. The van der Waals surface area contributed by atoms with Crippen molar-refractivity contribution in [1.82, 2.24) is 15.3 Å². The van der Waals surface area contributed by atoms with Crippen molar-refractivity contribution in [2.24, 2.45) is 17.8 Å². The SMILES string of the molecule is CC1CN(c2ncc(C(=O)NC3C4CC5CC3CC(O)(C5)C4)c(C3CCCC3)n2)CC(C)O1. The van der Waals surface area contributed by atoms with E-state index in [2.05, 4.69) is 29.0 Å². The molecule has 0 aromatic carbocycles. The minimum absolute atomic E-state index is 0.0170. The van der Waals surface area contributed by atoms with Crippen LogP contribution in [0.1, 0.15) is 93.6 Å². The highest BCUT2D eigenvalue weighted by Crippen LogP contribution is 2.55. The lowest BCUT2D eigenvalue weighted by atomic mass is 9.52. The van der Waals surface area contributed by atoms with Crippen LogP contribution in [-0.2, 0) is 4.74 Å². The van der Waals surface area contributed by atoms with E-state index in [4.69, 9.17) is 9.72 Å². The first-order chi connectivity index (χ1) is 15.9. The Morgan fingerprint density at radius 3 is 2.42 bits per heavy atom. The molecule has 0 radical (unpaired) electrons. The molecule has 2 heterocycles. The number of anilines is 1. The van der Waals surface area contributed by atoms with Gasteiger partial charge in [-0.3, -0.25) is 4.79 Å². The van der Waals surface area contributed by atoms with Gasteiger partial charge in [-0.25, -0.2) is 9.97 Å². The maximum atomic E-state index is 13.6. The Bertz CT molecular complexity index is 891. The maximum Gasteiger partial charge on any atom is 0.254 e. The molecule has 1 aromatic heterocycles. The molecule has 33 heavy (non-hydrogen) atoms. The van der Waals surface area contributed by atoms with Crippen LogP contribution in [0.3, 0.4) is 0 Å². The number of carbonyl (C=O) groups is 1. The quantitative estimate of drug-likeness (QED) is 0.725. The Morgan fingerprint density at radius 1 is 1.12 bits per heavy atom. The molecule has 4 bridgehead atoms. The Balaban J connectivity index is 1.25. The second kappa shape index (κ2) is 8.19. The molecule has 1 aromatic rings. The van der Waals surface area contributed by atoms with Gasteiger partial charge in [0.2, 0.25) is 5.95 Å². The van der Waals surface area contributed by atoms with Crippen LogP contribution in [0.2, 0.25) is 0 Å². The minimum atomic E-state index is -0.482. The Morgan fingerprint density at radius 2 is 1.79 bits per heavy atom. The lowest BCUT2D eigenvalue weighted by molar-refractivity contribution is -0.136. The molecule has 1 amide bonds. The third kappa shape index (κ3) is 4.05. The van der Waals surface area contributed by atoms with E-state index >= 15 is 0 Å². The molecule has 2 N–H and O–H groups in total. The number of rotatable bonds is 4.